The summed E-state index contributed by atoms with van der Waals surface area (Å²) in [5.41, 5.74) is 0. The van der Waals surface area contributed by atoms with Crippen LogP contribution in [0.3, 0.4) is 0 Å². The predicted molar refractivity (Wildman–Crippen MR) is 75.4 cm³/mol. The Balaban J connectivity index is 1.71. The number of nitrogens with one attached hydrogen (secondary N) is 1. The third-order valence-electron chi connectivity index (χ3n) is 4.41. The van der Waals surface area contributed by atoms with Crippen molar-refractivity contribution in [2.24, 2.45) is 11.8 Å². The summed E-state index contributed by atoms with van der Waals surface area (Å²) >= 11 is 0. The molecule has 2 aliphatic rings. The van der Waals surface area contributed by atoms with Crippen molar-refractivity contribution < 1.29 is 13.5 Å². The van der Waals surface area contributed by atoms with Gasteiger partial charge in [0.25, 0.3) is 0 Å². The first-order chi connectivity index (χ1) is 8.97. The van der Waals surface area contributed by atoms with Gasteiger partial charge >= 0.3 is 0 Å². The first-order valence-electron chi connectivity index (χ1n) is 7.30. The second kappa shape index (κ2) is 6.52. The number of hydrogen-bond donors (Lipinski definition) is 2. The summed E-state index contributed by atoms with van der Waals surface area (Å²) in [5, 5.41) is 13.2. The van der Waals surface area contributed by atoms with E-state index in [1.54, 1.807) is 4.31 Å². The Kier molecular flexibility index (Phi) is 5.22. The number of sulfonamides is 1. The van der Waals surface area contributed by atoms with Gasteiger partial charge in [0, 0.05) is 19.6 Å². The summed E-state index contributed by atoms with van der Waals surface area (Å²) in [6.45, 7) is 3.02. The van der Waals surface area contributed by atoms with Crippen LogP contribution in [0.4, 0.5) is 0 Å². The van der Waals surface area contributed by atoms with Gasteiger partial charge < -0.3 is 10.4 Å². The first-order valence-corrected chi connectivity index (χ1v) is 9.15. The fraction of sp³-hybridized carbons (Fsp3) is 1.00. The normalized spacial score (nSPS) is 33.7. The van der Waals surface area contributed by atoms with Gasteiger partial charge in [-0.25, -0.2) is 12.7 Å². The highest BCUT2D eigenvalue weighted by atomic mass is 32.2. The Morgan fingerprint density at radius 2 is 2.00 bits per heavy atom. The van der Waals surface area contributed by atoms with E-state index in [-0.39, 0.29) is 6.10 Å². The fourth-order valence-electron chi connectivity index (χ4n) is 3.22. The lowest BCUT2D eigenvalue weighted by atomic mass is 9.99. The van der Waals surface area contributed by atoms with Crippen LogP contribution in [-0.4, -0.2) is 56.4 Å². The summed E-state index contributed by atoms with van der Waals surface area (Å²) in [5.74, 6) is 0.789. The minimum atomic E-state index is -3.04. The Hall–Kier alpha value is -0.170. The topological polar surface area (TPSA) is 69.6 Å². The molecule has 0 radical (unpaired) electrons. The third kappa shape index (κ3) is 4.41. The van der Waals surface area contributed by atoms with Crippen LogP contribution in [0.5, 0.6) is 0 Å². The van der Waals surface area contributed by atoms with Crippen LogP contribution in [0.2, 0.25) is 0 Å². The summed E-state index contributed by atoms with van der Waals surface area (Å²) in [6.07, 6.45) is 6.34. The molecule has 1 aliphatic heterocycles. The van der Waals surface area contributed by atoms with Crippen molar-refractivity contribution >= 4 is 10.0 Å². The van der Waals surface area contributed by atoms with Gasteiger partial charge in [-0.05, 0) is 44.1 Å². The Morgan fingerprint density at radius 1 is 1.21 bits per heavy atom. The molecule has 1 aliphatic carbocycles. The average Bonchev–Trinajstić information content (AvgIpc) is 2.75. The van der Waals surface area contributed by atoms with Crippen molar-refractivity contribution in [3.63, 3.8) is 0 Å². The molecule has 19 heavy (non-hydrogen) atoms. The standard InChI is InChI=1S/C13H26N2O3S/c1-19(17,18)15-7-3-4-11(10-15)8-14-9-12-5-2-6-13(12)16/h11-14,16H,2-10H2,1H3. The van der Waals surface area contributed by atoms with Crippen molar-refractivity contribution in [2.45, 2.75) is 38.2 Å². The van der Waals surface area contributed by atoms with E-state index >= 15 is 0 Å². The molecule has 0 aromatic rings. The molecule has 112 valence electrons. The molecule has 0 aromatic heterocycles. The summed E-state index contributed by atoms with van der Waals surface area (Å²) in [4.78, 5) is 0. The molecule has 0 aromatic carbocycles. The number of nitrogens with zero attached hydrogens (tertiary/aromatic N) is 1. The fourth-order valence-corrected chi connectivity index (χ4v) is 4.17. The van der Waals surface area contributed by atoms with Gasteiger partial charge in [-0.2, -0.15) is 0 Å². The number of hydrogen-bond acceptors (Lipinski definition) is 4. The van der Waals surface area contributed by atoms with E-state index in [0.29, 0.717) is 24.9 Å². The van der Waals surface area contributed by atoms with Gasteiger partial charge in [-0.3, -0.25) is 0 Å². The van der Waals surface area contributed by atoms with Gasteiger partial charge in [-0.1, -0.05) is 6.42 Å². The summed E-state index contributed by atoms with van der Waals surface area (Å²) < 4.78 is 24.7. The van der Waals surface area contributed by atoms with E-state index < -0.39 is 10.0 Å². The molecular formula is C13H26N2O3S. The van der Waals surface area contributed by atoms with Crippen molar-refractivity contribution in [2.75, 3.05) is 32.4 Å². The number of aliphatic hydroxyl groups excluding tert-OH is 1. The van der Waals surface area contributed by atoms with Crippen molar-refractivity contribution in [3.05, 3.63) is 0 Å². The Morgan fingerprint density at radius 3 is 2.63 bits per heavy atom. The molecule has 1 heterocycles. The zero-order valence-corrected chi connectivity index (χ0v) is 12.5. The minimum absolute atomic E-state index is 0.147. The van der Waals surface area contributed by atoms with Crippen molar-refractivity contribution in [3.8, 4) is 0 Å². The molecule has 5 nitrogen and oxygen atoms in total. The van der Waals surface area contributed by atoms with E-state index in [1.807, 2.05) is 0 Å². The lowest BCUT2D eigenvalue weighted by Gasteiger charge is -2.31. The molecule has 3 atom stereocenters. The maximum Gasteiger partial charge on any atom is 0.211 e. The first kappa shape index (κ1) is 15.2. The lowest BCUT2D eigenvalue weighted by Crippen LogP contribution is -2.43. The molecular weight excluding hydrogens is 264 g/mol. The molecule has 2 fully saturated rings. The second-order valence-corrected chi connectivity index (χ2v) is 8.03. The lowest BCUT2D eigenvalue weighted by molar-refractivity contribution is 0.130. The summed E-state index contributed by atoms with van der Waals surface area (Å²) in [7, 11) is -3.04. The van der Waals surface area contributed by atoms with E-state index in [1.165, 1.54) is 6.26 Å². The maximum atomic E-state index is 11.5. The summed E-state index contributed by atoms with van der Waals surface area (Å²) in [6, 6.07) is 0. The average molecular weight is 290 g/mol. The SMILES string of the molecule is CS(=O)(=O)N1CCCC(CNCC2CCCC2O)C1. The van der Waals surface area contributed by atoms with E-state index in [4.69, 9.17) is 0 Å². The van der Waals surface area contributed by atoms with E-state index in [0.717, 1.165) is 45.2 Å². The number of piperidine rings is 1. The smallest absolute Gasteiger partial charge is 0.211 e. The predicted octanol–water partition coefficient (Wildman–Crippen LogP) is 0.409. The molecule has 0 bridgehead atoms. The highest BCUT2D eigenvalue weighted by Gasteiger charge is 2.27. The second-order valence-electron chi connectivity index (χ2n) is 6.05. The van der Waals surface area contributed by atoms with Gasteiger partial charge in [-0.15, -0.1) is 0 Å². The molecule has 0 spiro atoms. The minimum Gasteiger partial charge on any atom is -0.393 e. The highest BCUT2D eigenvalue weighted by Crippen LogP contribution is 2.25. The Labute approximate surface area is 116 Å². The molecule has 1 saturated heterocycles. The molecule has 3 unspecified atom stereocenters. The largest absolute Gasteiger partial charge is 0.393 e. The van der Waals surface area contributed by atoms with Gasteiger partial charge in [0.2, 0.25) is 10.0 Å². The highest BCUT2D eigenvalue weighted by molar-refractivity contribution is 7.88. The van der Waals surface area contributed by atoms with Gasteiger partial charge in [0.1, 0.15) is 0 Å². The number of rotatable bonds is 5. The van der Waals surface area contributed by atoms with Gasteiger partial charge in [0.05, 0.1) is 12.4 Å². The van der Waals surface area contributed by atoms with Crippen molar-refractivity contribution in [1.29, 1.82) is 0 Å². The van der Waals surface area contributed by atoms with Crippen LogP contribution in [0.1, 0.15) is 32.1 Å². The monoisotopic (exact) mass is 290 g/mol. The Bertz CT molecular complexity index is 385. The van der Waals surface area contributed by atoms with Gasteiger partial charge in [0.15, 0.2) is 0 Å². The number of aliphatic hydroxyl groups is 1. The zero-order valence-electron chi connectivity index (χ0n) is 11.7. The van der Waals surface area contributed by atoms with Crippen LogP contribution in [-0.2, 0) is 10.0 Å². The van der Waals surface area contributed by atoms with E-state index in [9.17, 15) is 13.5 Å². The quantitative estimate of drug-likeness (QED) is 0.769. The molecule has 1 saturated carbocycles. The zero-order chi connectivity index (χ0) is 13.9. The van der Waals surface area contributed by atoms with Crippen LogP contribution in [0.25, 0.3) is 0 Å². The molecule has 2 N–H and O–H groups in total. The third-order valence-corrected chi connectivity index (χ3v) is 5.68. The van der Waals surface area contributed by atoms with Crippen LogP contribution in [0, 0.1) is 11.8 Å². The maximum absolute atomic E-state index is 11.5. The molecule has 2 rings (SSSR count). The van der Waals surface area contributed by atoms with Crippen LogP contribution >= 0.6 is 0 Å². The van der Waals surface area contributed by atoms with E-state index in [2.05, 4.69) is 5.32 Å². The van der Waals surface area contributed by atoms with Crippen LogP contribution in [0.15, 0.2) is 0 Å². The molecule has 0 amide bonds. The molecule has 6 heteroatoms. The van der Waals surface area contributed by atoms with Crippen molar-refractivity contribution in [1.82, 2.24) is 9.62 Å². The van der Waals surface area contributed by atoms with Crippen LogP contribution < -0.4 is 5.32 Å².